The van der Waals surface area contributed by atoms with E-state index in [1.54, 1.807) is 0 Å². The predicted octanol–water partition coefficient (Wildman–Crippen LogP) is 1.44. The average molecular weight is 384 g/mol. The van der Waals surface area contributed by atoms with Gasteiger partial charge in [-0.1, -0.05) is 30.3 Å². The van der Waals surface area contributed by atoms with Crippen LogP contribution in [0.2, 0.25) is 0 Å². The number of benzene rings is 1. The van der Waals surface area contributed by atoms with Gasteiger partial charge in [0.1, 0.15) is 6.54 Å². The first-order valence-corrected chi connectivity index (χ1v) is 9.81. The summed E-state index contributed by atoms with van der Waals surface area (Å²) in [5.74, 6) is -1.63. The van der Waals surface area contributed by atoms with E-state index >= 15 is 0 Å². The van der Waals surface area contributed by atoms with Gasteiger partial charge in [0.15, 0.2) is 6.61 Å². The number of carbonyl (C=O) groups excluding carboxylic acids is 4. The zero-order valence-corrected chi connectivity index (χ0v) is 15.8. The zero-order valence-electron chi connectivity index (χ0n) is 15.8. The smallest absolute Gasteiger partial charge is 0.326 e. The first-order valence-electron chi connectivity index (χ1n) is 9.81. The third kappa shape index (κ3) is 3.30. The van der Waals surface area contributed by atoms with Gasteiger partial charge in [0.05, 0.1) is 17.9 Å². The number of esters is 1. The number of carbonyl (C=O) groups is 4. The fourth-order valence-corrected chi connectivity index (χ4v) is 5.06. The highest BCUT2D eigenvalue weighted by Gasteiger charge is 2.61. The second-order valence-corrected chi connectivity index (χ2v) is 8.01. The van der Waals surface area contributed by atoms with Gasteiger partial charge in [-0.2, -0.15) is 0 Å². The van der Waals surface area contributed by atoms with Crippen LogP contribution in [0.3, 0.4) is 0 Å². The lowest BCUT2D eigenvalue weighted by Crippen LogP contribution is -2.39. The molecule has 7 heteroatoms. The SMILES string of the molecule is C[C@@H](NC(=O)COC(=O)CN1C(=O)[C@@H]2[C@H]3CC[C@@H](C3)[C@@H]2C1=O)c1ccccc1. The number of nitrogens with one attached hydrogen (secondary N) is 1. The zero-order chi connectivity index (χ0) is 19.8. The first kappa shape index (κ1) is 18.7. The van der Waals surface area contributed by atoms with Crippen molar-refractivity contribution in [3.8, 4) is 0 Å². The topological polar surface area (TPSA) is 92.8 Å². The molecule has 2 saturated carbocycles. The minimum absolute atomic E-state index is 0.219. The van der Waals surface area contributed by atoms with Gasteiger partial charge >= 0.3 is 5.97 Å². The van der Waals surface area contributed by atoms with Gasteiger partial charge in [0.2, 0.25) is 11.8 Å². The molecule has 0 radical (unpaired) electrons. The van der Waals surface area contributed by atoms with E-state index in [9.17, 15) is 19.2 Å². The summed E-state index contributed by atoms with van der Waals surface area (Å²) in [6.45, 7) is 0.986. The third-order valence-corrected chi connectivity index (χ3v) is 6.35. The Hall–Kier alpha value is -2.70. The standard InChI is InChI=1S/C21H24N2O5/c1-12(13-5-3-2-4-6-13)22-16(24)11-28-17(25)10-23-20(26)18-14-7-8-15(9-14)19(18)21(23)27/h2-6,12,14-15,18-19H,7-11H2,1H3,(H,22,24)/t12-,14+,15+,18-,19+/m1/s1. The fraction of sp³-hybridized carbons (Fsp3) is 0.524. The monoisotopic (exact) mass is 384 g/mol. The molecule has 3 fully saturated rings. The van der Waals surface area contributed by atoms with Gasteiger partial charge in [-0.15, -0.1) is 0 Å². The quantitative estimate of drug-likeness (QED) is 0.592. The van der Waals surface area contributed by atoms with Crippen LogP contribution in [0.1, 0.15) is 37.8 Å². The number of likely N-dealkylation sites (tertiary alicyclic amines) is 1. The van der Waals surface area contributed by atoms with Crippen molar-refractivity contribution in [3.05, 3.63) is 35.9 Å². The maximum atomic E-state index is 12.6. The van der Waals surface area contributed by atoms with Gasteiger partial charge in [0.25, 0.3) is 5.91 Å². The molecule has 148 valence electrons. The van der Waals surface area contributed by atoms with Crippen molar-refractivity contribution in [2.24, 2.45) is 23.7 Å². The highest BCUT2D eigenvalue weighted by atomic mass is 16.5. The van der Waals surface area contributed by atoms with Crippen molar-refractivity contribution in [1.82, 2.24) is 10.2 Å². The molecule has 7 nitrogen and oxygen atoms in total. The molecule has 28 heavy (non-hydrogen) atoms. The van der Waals surface area contributed by atoms with Crippen LogP contribution in [0.25, 0.3) is 0 Å². The van der Waals surface area contributed by atoms with Crippen LogP contribution in [0.15, 0.2) is 30.3 Å². The number of hydrogen-bond acceptors (Lipinski definition) is 5. The van der Waals surface area contributed by atoms with Gasteiger partial charge in [-0.3, -0.25) is 24.1 Å². The number of fused-ring (bicyclic) bond motifs is 5. The van der Waals surface area contributed by atoms with Gasteiger partial charge in [-0.05, 0) is 43.6 Å². The summed E-state index contributed by atoms with van der Waals surface area (Å²) in [4.78, 5) is 50.3. The summed E-state index contributed by atoms with van der Waals surface area (Å²) in [7, 11) is 0. The van der Waals surface area contributed by atoms with E-state index in [0.717, 1.165) is 29.7 Å². The molecule has 2 aliphatic carbocycles. The summed E-state index contributed by atoms with van der Waals surface area (Å²) >= 11 is 0. The van der Waals surface area contributed by atoms with Crippen molar-refractivity contribution in [2.75, 3.05) is 13.2 Å². The second-order valence-electron chi connectivity index (χ2n) is 8.01. The van der Waals surface area contributed by atoms with E-state index in [-0.39, 0.29) is 41.5 Å². The van der Waals surface area contributed by atoms with E-state index < -0.39 is 25.0 Å². The molecular formula is C21H24N2O5. The molecule has 1 aromatic rings. The van der Waals surface area contributed by atoms with Crippen LogP contribution >= 0.6 is 0 Å². The average Bonchev–Trinajstić information content (AvgIpc) is 3.37. The number of amides is 3. The summed E-state index contributed by atoms with van der Waals surface area (Å²) in [6.07, 6.45) is 2.93. The Kier molecular flexibility index (Phi) is 4.91. The molecule has 1 aliphatic heterocycles. The maximum absolute atomic E-state index is 12.6. The Labute approximate surface area is 163 Å². The molecule has 2 bridgehead atoms. The maximum Gasteiger partial charge on any atom is 0.326 e. The molecule has 4 rings (SSSR count). The van der Waals surface area contributed by atoms with Crippen LogP contribution < -0.4 is 5.32 Å². The first-order chi connectivity index (χ1) is 13.5. The second kappa shape index (κ2) is 7.37. The number of nitrogens with zero attached hydrogens (tertiary/aromatic N) is 1. The molecule has 0 unspecified atom stereocenters. The van der Waals surface area contributed by atoms with Gasteiger partial charge in [0, 0.05) is 0 Å². The minimum Gasteiger partial charge on any atom is -0.454 e. The van der Waals surface area contributed by atoms with E-state index in [1.165, 1.54) is 0 Å². The van der Waals surface area contributed by atoms with Crippen LogP contribution in [0, 0.1) is 23.7 Å². The lowest BCUT2D eigenvalue weighted by Gasteiger charge is -2.19. The molecule has 1 N–H and O–H groups in total. The van der Waals surface area contributed by atoms with Crippen molar-refractivity contribution >= 4 is 23.7 Å². The summed E-state index contributed by atoms with van der Waals surface area (Å²) in [6, 6.07) is 9.22. The number of ether oxygens (including phenoxy) is 1. The summed E-state index contributed by atoms with van der Waals surface area (Å²) < 4.78 is 4.99. The summed E-state index contributed by atoms with van der Waals surface area (Å²) in [5.41, 5.74) is 0.941. The van der Waals surface area contributed by atoms with Crippen molar-refractivity contribution in [2.45, 2.75) is 32.2 Å². The third-order valence-electron chi connectivity index (χ3n) is 6.35. The largest absolute Gasteiger partial charge is 0.454 e. The Morgan fingerprint density at radius 3 is 2.32 bits per heavy atom. The number of hydrogen-bond donors (Lipinski definition) is 1. The van der Waals surface area contributed by atoms with Crippen LogP contribution in [0.4, 0.5) is 0 Å². The normalized spacial score (nSPS) is 29.0. The molecule has 1 aromatic carbocycles. The predicted molar refractivity (Wildman–Crippen MR) is 98.5 cm³/mol. The highest BCUT2D eigenvalue weighted by molar-refractivity contribution is 6.07. The number of rotatable bonds is 6. The van der Waals surface area contributed by atoms with Crippen LogP contribution in [-0.4, -0.2) is 41.7 Å². The molecule has 3 amide bonds. The van der Waals surface area contributed by atoms with Crippen molar-refractivity contribution < 1.29 is 23.9 Å². The van der Waals surface area contributed by atoms with Crippen LogP contribution in [0.5, 0.6) is 0 Å². The summed E-state index contributed by atoms with van der Waals surface area (Å²) in [5, 5.41) is 2.75. The molecule has 5 atom stereocenters. The van der Waals surface area contributed by atoms with E-state index in [0.29, 0.717) is 0 Å². The fourth-order valence-electron chi connectivity index (χ4n) is 5.06. The van der Waals surface area contributed by atoms with Crippen molar-refractivity contribution in [1.29, 1.82) is 0 Å². The molecule has 0 spiro atoms. The molecule has 1 saturated heterocycles. The Balaban J connectivity index is 1.26. The lowest BCUT2D eigenvalue weighted by molar-refractivity contribution is -0.155. The van der Waals surface area contributed by atoms with Crippen LogP contribution in [-0.2, 0) is 23.9 Å². The van der Waals surface area contributed by atoms with Crippen molar-refractivity contribution in [3.63, 3.8) is 0 Å². The van der Waals surface area contributed by atoms with E-state index in [4.69, 9.17) is 4.74 Å². The highest BCUT2D eigenvalue weighted by Crippen LogP contribution is 2.56. The lowest BCUT2D eigenvalue weighted by atomic mass is 9.81. The molecule has 0 aromatic heterocycles. The Morgan fingerprint density at radius 2 is 1.71 bits per heavy atom. The van der Waals surface area contributed by atoms with E-state index in [2.05, 4.69) is 5.32 Å². The van der Waals surface area contributed by atoms with Gasteiger partial charge < -0.3 is 10.1 Å². The minimum atomic E-state index is -0.739. The van der Waals surface area contributed by atoms with E-state index in [1.807, 2.05) is 37.3 Å². The molecule has 3 aliphatic rings. The Bertz CT molecular complexity index is 780. The Morgan fingerprint density at radius 1 is 1.11 bits per heavy atom. The molecule has 1 heterocycles. The van der Waals surface area contributed by atoms with Gasteiger partial charge in [-0.25, -0.2) is 0 Å². The number of imide groups is 1. The molecular weight excluding hydrogens is 360 g/mol.